The van der Waals surface area contributed by atoms with E-state index in [1.54, 1.807) is 23.4 Å². The molecule has 1 fully saturated rings. The SMILES string of the molecule is CCCCCC(=O)c1ccc(-c2cnc(-c3ccc(CC(NC(=O)c4ccc(C(C)(C)C)s4)C(=O)N4CCC(C(=O)O)C4)cc3)nc2)cc1. The molecule has 0 aliphatic carbocycles. The number of aromatic nitrogens is 2. The van der Waals surface area contributed by atoms with Gasteiger partial charge in [0, 0.05) is 59.9 Å². The second kappa shape index (κ2) is 15.7. The number of likely N-dealkylation sites (tertiary alicyclic amines) is 1. The van der Waals surface area contributed by atoms with E-state index in [0.29, 0.717) is 35.7 Å². The lowest BCUT2D eigenvalue weighted by atomic mass is 9.95. The Bertz CT molecular complexity index is 1780. The Morgan fingerprint density at radius 2 is 1.59 bits per heavy atom. The number of unbranched alkanes of at least 4 members (excludes halogenated alkanes) is 2. The van der Waals surface area contributed by atoms with Crippen LogP contribution in [0.15, 0.2) is 73.1 Å². The second-order valence-corrected chi connectivity index (χ2v) is 14.8. The van der Waals surface area contributed by atoms with Crippen molar-refractivity contribution >= 4 is 34.9 Å². The summed E-state index contributed by atoms with van der Waals surface area (Å²) in [4.78, 5) is 63.3. The number of hydrogen-bond donors (Lipinski definition) is 2. The Balaban J connectivity index is 1.27. The average molecular weight is 681 g/mol. The summed E-state index contributed by atoms with van der Waals surface area (Å²) in [5, 5.41) is 12.4. The zero-order chi connectivity index (χ0) is 35.1. The van der Waals surface area contributed by atoms with E-state index >= 15 is 0 Å². The maximum absolute atomic E-state index is 13.7. The minimum atomic E-state index is -0.919. The van der Waals surface area contributed by atoms with Crippen molar-refractivity contribution in [1.82, 2.24) is 20.2 Å². The van der Waals surface area contributed by atoms with Crippen LogP contribution in [-0.2, 0) is 21.4 Å². The zero-order valence-electron chi connectivity index (χ0n) is 28.6. The number of carbonyl (C=O) groups excluding carboxylic acids is 3. The Morgan fingerprint density at radius 1 is 0.918 bits per heavy atom. The molecule has 3 heterocycles. The van der Waals surface area contributed by atoms with Crippen molar-refractivity contribution in [2.45, 2.75) is 77.7 Å². The molecule has 2 amide bonds. The normalized spacial score (nSPS) is 15.2. The third kappa shape index (κ3) is 9.06. The van der Waals surface area contributed by atoms with Gasteiger partial charge in [-0.05, 0) is 41.5 Å². The number of thiophene rings is 1. The number of ketones is 1. The number of carboxylic acid groups (broad SMARTS) is 1. The van der Waals surface area contributed by atoms with Crippen molar-refractivity contribution in [2.75, 3.05) is 13.1 Å². The number of amides is 2. The van der Waals surface area contributed by atoms with Gasteiger partial charge in [0.2, 0.25) is 5.91 Å². The molecule has 2 aromatic carbocycles. The molecule has 0 spiro atoms. The molecule has 1 saturated heterocycles. The van der Waals surface area contributed by atoms with Gasteiger partial charge < -0.3 is 15.3 Å². The molecule has 9 nitrogen and oxygen atoms in total. The summed E-state index contributed by atoms with van der Waals surface area (Å²) in [5.74, 6) is -1.44. The fourth-order valence-electron chi connectivity index (χ4n) is 5.86. The molecule has 2 unspecified atom stereocenters. The zero-order valence-corrected chi connectivity index (χ0v) is 29.4. The lowest BCUT2D eigenvalue weighted by Gasteiger charge is -2.24. The summed E-state index contributed by atoms with van der Waals surface area (Å²) in [7, 11) is 0. The van der Waals surface area contributed by atoms with E-state index in [0.717, 1.165) is 46.4 Å². The molecule has 49 heavy (non-hydrogen) atoms. The van der Waals surface area contributed by atoms with Crippen LogP contribution >= 0.6 is 11.3 Å². The number of hydrogen-bond acceptors (Lipinski definition) is 7. The number of benzene rings is 2. The Kier molecular flexibility index (Phi) is 11.4. The van der Waals surface area contributed by atoms with Gasteiger partial charge in [0.05, 0.1) is 10.8 Å². The highest BCUT2D eigenvalue weighted by Crippen LogP contribution is 2.30. The number of carbonyl (C=O) groups is 4. The highest BCUT2D eigenvalue weighted by molar-refractivity contribution is 7.14. The Labute approximate surface area is 291 Å². The van der Waals surface area contributed by atoms with Gasteiger partial charge in [-0.2, -0.15) is 0 Å². The van der Waals surface area contributed by atoms with E-state index in [1.165, 1.54) is 11.3 Å². The van der Waals surface area contributed by atoms with Crippen LogP contribution in [0.2, 0.25) is 0 Å². The number of rotatable bonds is 13. The van der Waals surface area contributed by atoms with E-state index in [9.17, 15) is 24.3 Å². The summed E-state index contributed by atoms with van der Waals surface area (Å²) in [5.41, 5.74) is 4.01. The van der Waals surface area contributed by atoms with Gasteiger partial charge in [-0.15, -0.1) is 11.3 Å². The number of carboxylic acids is 1. The van der Waals surface area contributed by atoms with Gasteiger partial charge in [0.25, 0.3) is 5.91 Å². The molecule has 10 heteroatoms. The third-order valence-electron chi connectivity index (χ3n) is 8.87. The van der Waals surface area contributed by atoms with Crippen molar-refractivity contribution in [3.8, 4) is 22.5 Å². The molecule has 0 radical (unpaired) electrons. The first kappa shape index (κ1) is 35.6. The summed E-state index contributed by atoms with van der Waals surface area (Å²) >= 11 is 1.41. The first-order chi connectivity index (χ1) is 23.4. The Hall–Kier alpha value is -4.70. The lowest BCUT2D eigenvalue weighted by Crippen LogP contribution is -2.49. The fourth-order valence-corrected chi connectivity index (χ4v) is 6.82. The van der Waals surface area contributed by atoms with Gasteiger partial charge in [-0.3, -0.25) is 19.2 Å². The van der Waals surface area contributed by atoms with Gasteiger partial charge in [0.15, 0.2) is 11.6 Å². The van der Waals surface area contributed by atoms with Crippen LogP contribution in [0.1, 0.15) is 90.3 Å². The third-order valence-corrected chi connectivity index (χ3v) is 10.4. The molecule has 0 saturated carbocycles. The smallest absolute Gasteiger partial charge is 0.308 e. The summed E-state index contributed by atoms with van der Waals surface area (Å²) in [6, 6.07) is 18.0. The molecule has 2 N–H and O–H groups in total. The number of nitrogens with one attached hydrogen (secondary N) is 1. The van der Waals surface area contributed by atoms with Crippen molar-refractivity contribution in [3.05, 3.63) is 93.9 Å². The van der Waals surface area contributed by atoms with E-state index in [1.807, 2.05) is 54.6 Å². The van der Waals surface area contributed by atoms with Gasteiger partial charge in [-0.1, -0.05) is 89.1 Å². The van der Waals surface area contributed by atoms with Crippen molar-refractivity contribution in [3.63, 3.8) is 0 Å². The maximum Gasteiger partial charge on any atom is 0.308 e. The highest BCUT2D eigenvalue weighted by atomic mass is 32.1. The van der Waals surface area contributed by atoms with Crippen molar-refractivity contribution in [2.24, 2.45) is 5.92 Å². The van der Waals surface area contributed by atoms with Gasteiger partial charge in [-0.25, -0.2) is 9.97 Å². The first-order valence-electron chi connectivity index (χ1n) is 16.9. The second-order valence-electron chi connectivity index (χ2n) is 13.7. The summed E-state index contributed by atoms with van der Waals surface area (Å²) in [6.07, 6.45) is 7.76. The van der Waals surface area contributed by atoms with Crippen LogP contribution in [0.3, 0.4) is 0 Å². The van der Waals surface area contributed by atoms with E-state index < -0.39 is 17.9 Å². The molecular formula is C39H44N4O5S. The predicted octanol–water partition coefficient (Wildman–Crippen LogP) is 7.21. The van der Waals surface area contributed by atoms with Crippen molar-refractivity contribution in [1.29, 1.82) is 0 Å². The average Bonchev–Trinajstić information content (AvgIpc) is 3.80. The highest BCUT2D eigenvalue weighted by Gasteiger charge is 2.35. The maximum atomic E-state index is 13.7. The van der Waals surface area contributed by atoms with Gasteiger partial charge in [0.1, 0.15) is 6.04 Å². The van der Waals surface area contributed by atoms with Crippen LogP contribution in [0.5, 0.6) is 0 Å². The van der Waals surface area contributed by atoms with Crippen LogP contribution in [-0.4, -0.2) is 62.7 Å². The van der Waals surface area contributed by atoms with E-state index in [-0.39, 0.29) is 36.0 Å². The van der Waals surface area contributed by atoms with E-state index in [4.69, 9.17) is 0 Å². The standard InChI is InChI=1S/C39H44N4O5S/c1-5-6-7-8-32(44)27-15-13-26(14-16-27)30-22-40-35(41-23-30)28-11-9-25(10-12-28)21-31(37(46)43-20-19-29(24-43)38(47)48)42-36(45)33-17-18-34(49-33)39(2,3)4/h9-18,22-23,29,31H,5-8,19-21,24H2,1-4H3,(H,42,45)(H,47,48). The minimum Gasteiger partial charge on any atom is -0.481 e. The predicted molar refractivity (Wildman–Crippen MR) is 192 cm³/mol. The summed E-state index contributed by atoms with van der Waals surface area (Å²) < 4.78 is 0. The number of nitrogens with zero attached hydrogens (tertiary/aromatic N) is 3. The van der Waals surface area contributed by atoms with E-state index in [2.05, 4.69) is 43.0 Å². The molecular weight excluding hydrogens is 637 g/mol. The molecule has 4 aromatic rings. The monoisotopic (exact) mass is 680 g/mol. The fraction of sp³-hybridized carbons (Fsp3) is 0.385. The first-order valence-corrected chi connectivity index (χ1v) is 17.7. The van der Waals surface area contributed by atoms with Crippen LogP contribution in [0.4, 0.5) is 0 Å². The van der Waals surface area contributed by atoms with Crippen LogP contribution < -0.4 is 5.32 Å². The van der Waals surface area contributed by atoms with Crippen LogP contribution in [0, 0.1) is 5.92 Å². The van der Waals surface area contributed by atoms with Crippen LogP contribution in [0.25, 0.3) is 22.5 Å². The molecule has 2 atom stereocenters. The van der Waals surface area contributed by atoms with Gasteiger partial charge >= 0.3 is 5.97 Å². The number of Topliss-reactive ketones (excluding diaryl/α,β-unsaturated/α-hetero) is 1. The molecule has 0 bridgehead atoms. The largest absolute Gasteiger partial charge is 0.481 e. The molecule has 1 aliphatic heterocycles. The molecule has 1 aliphatic rings. The summed E-state index contributed by atoms with van der Waals surface area (Å²) in [6.45, 7) is 8.84. The topological polar surface area (TPSA) is 130 Å². The number of aliphatic carboxylic acids is 1. The Morgan fingerprint density at radius 3 is 2.18 bits per heavy atom. The minimum absolute atomic E-state index is 0.105. The lowest BCUT2D eigenvalue weighted by molar-refractivity contribution is -0.141. The molecule has 5 rings (SSSR count). The molecule has 2 aromatic heterocycles. The molecule has 256 valence electrons. The quantitative estimate of drug-likeness (QED) is 0.113. The van der Waals surface area contributed by atoms with Crippen molar-refractivity contribution < 1.29 is 24.3 Å².